The molecule has 0 radical (unpaired) electrons. The number of hydrogen-bond acceptors (Lipinski definition) is 4. The van der Waals surface area contributed by atoms with Gasteiger partial charge < -0.3 is 20.3 Å². The molecule has 216 valence electrons. The van der Waals surface area contributed by atoms with E-state index in [0.29, 0.717) is 28.5 Å². The lowest BCUT2D eigenvalue weighted by molar-refractivity contribution is -0.145. The van der Waals surface area contributed by atoms with Gasteiger partial charge in [0.2, 0.25) is 17.7 Å². The Hall–Kier alpha value is -2.38. The summed E-state index contributed by atoms with van der Waals surface area (Å²) in [4.78, 5) is 44.2. The normalized spacial score (nSPS) is 40.3. The number of benzene rings is 1. The van der Waals surface area contributed by atoms with Crippen molar-refractivity contribution >= 4 is 35.0 Å². The van der Waals surface area contributed by atoms with Crippen LogP contribution in [0.5, 0.6) is 0 Å². The van der Waals surface area contributed by atoms with Crippen molar-refractivity contribution in [3.63, 3.8) is 0 Å². The van der Waals surface area contributed by atoms with E-state index in [0.717, 1.165) is 44.1 Å². The van der Waals surface area contributed by atoms with Crippen molar-refractivity contribution in [2.45, 2.75) is 102 Å². The zero-order chi connectivity index (χ0) is 28.3. The van der Waals surface area contributed by atoms with Gasteiger partial charge in [-0.15, -0.1) is 0 Å². The maximum Gasteiger partial charge on any atom is 0.246 e. The SMILES string of the molecule is Cc1ccc(NC(=O)C2C3C=CC4(O3)C2C(=O)N(C2CCC(C)CC2)C4C(=O)NC2CCCC(C)C2C)cc1Cl. The second-order valence-electron chi connectivity index (χ2n) is 13.2. The van der Waals surface area contributed by atoms with E-state index >= 15 is 0 Å². The molecule has 3 amide bonds. The molecule has 8 heteroatoms. The number of amides is 3. The van der Waals surface area contributed by atoms with Gasteiger partial charge in [0, 0.05) is 22.8 Å². The molecule has 5 aliphatic rings. The van der Waals surface area contributed by atoms with E-state index < -0.39 is 29.6 Å². The molecule has 1 aromatic rings. The minimum Gasteiger partial charge on any atom is -0.359 e. The van der Waals surface area contributed by atoms with Crippen molar-refractivity contribution in [1.82, 2.24) is 10.2 Å². The van der Waals surface area contributed by atoms with Crippen LogP contribution in [0.2, 0.25) is 5.02 Å². The minimum atomic E-state index is -1.13. The number of nitrogens with one attached hydrogen (secondary N) is 2. The Bertz CT molecular complexity index is 1230. The number of carbonyl (C=O) groups is 3. The van der Waals surface area contributed by atoms with Crippen molar-refractivity contribution in [2.75, 3.05) is 5.32 Å². The zero-order valence-corrected chi connectivity index (χ0v) is 24.7. The number of rotatable bonds is 5. The topological polar surface area (TPSA) is 87.7 Å². The lowest BCUT2D eigenvalue weighted by Gasteiger charge is -2.41. The molecule has 6 rings (SSSR count). The summed E-state index contributed by atoms with van der Waals surface area (Å²) in [6.45, 7) is 8.62. The smallest absolute Gasteiger partial charge is 0.246 e. The van der Waals surface area contributed by atoms with Gasteiger partial charge in [0.1, 0.15) is 11.6 Å². The summed E-state index contributed by atoms with van der Waals surface area (Å²) in [6.07, 6.45) is 10.2. The number of anilines is 1. The van der Waals surface area contributed by atoms with Gasteiger partial charge in [0.05, 0.1) is 17.9 Å². The monoisotopic (exact) mass is 567 g/mol. The van der Waals surface area contributed by atoms with E-state index in [2.05, 4.69) is 31.4 Å². The van der Waals surface area contributed by atoms with Gasteiger partial charge in [-0.25, -0.2) is 0 Å². The number of likely N-dealkylation sites (tertiary alicyclic amines) is 1. The summed E-state index contributed by atoms with van der Waals surface area (Å²) in [7, 11) is 0. The van der Waals surface area contributed by atoms with E-state index in [-0.39, 0.29) is 29.8 Å². The van der Waals surface area contributed by atoms with E-state index in [9.17, 15) is 14.4 Å². The van der Waals surface area contributed by atoms with E-state index in [1.807, 2.05) is 36.1 Å². The van der Waals surface area contributed by atoms with Crippen molar-refractivity contribution in [1.29, 1.82) is 0 Å². The van der Waals surface area contributed by atoms with E-state index in [1.54, 1.807) is 6.07 Å². The number of aryl methyl sites for hydroxylation is 1. The first-order chi connectivity index (χ1) is 19.1. The number of hydrogen-bond donors (Lipinski definition) is 2. The number of fused-ring (bicyclic) bond motifs is 1. The third-order valence-corrected chi connectivity index (χ3v) is 11.1. The molecule has 3 heterocycles. The fraction of sp³-hybridized carbons (Fsp3) is 0.656. The molecule has 8 unspecified atom stereocenters. The second-order valence-corrected chi connectivity index (χ2v) is 13.6. The van der Waals surface area contributed by atoms with Crippen LogP contribution in [0.4, 0.5) is 5.69 Å². The average molecular weight is 568 g/mol. The molecule has 2 saturated heterocycles. The number of nitrogens with zero attached hydrogens (tertiary/aromatic N) is 1. The summed E-state index contributed by atoms with van der Waals surface area (Å²) in [5, 5.41) is 6.91. The van der Waals surface area contributed by atoms with Crippen LogP contribution in [0.25, 0.3) is 0 Å². The van der Waals surface area contributed by atoms with Gasteiger partial charge in [0.25, 0.3) is 0 Å². The Labute approximate surface area is 242 Å². The van der Waals surface area contributed by atoms with Crippen molar-refractivity contribution in [2.24, 2.45) is 29.6 Å². The summed E-state index contributed by atoms with van der Waals surface area (Å²) in [5.74, 6) is -0.486. The molecule has 1 spiro atoms. The van der Waals surface area contributed by atoms with Gasteiger partial charge in [-0.2, -0.15) is 0 Å². The van der Waals surface area contributed by atoms with Crippen LogP contribution >= 0.6 is 11.6 Å². The molecule has 2 bridgehead atoms. The molecule has 4 fully saturated rings. The van der Waals surface area contributed by atoms with Crippen LogP contribution in [0.3, 0.4) is 0 Å². The number of halogens is 1. The quantitative estimate of drug-likeness (QED) is 0.475. The zero-order valence-electron chi connectivity index (χ0n) is 24.0. The fourth-order valence-corrected chi connectivity index (χ4v) is 8.24. The fourth-order valence-electron chi connectivity index (χ4n) is 8.06. The molecule has 40 heavy (non-hydrogen) atoms. The third kappa shape index (κ3) is 4.48. The van der Waals surface area contributed by atoms with Crippen molar-refractivity contribution < 1.29 is 19.1 Å². The van der Waals surface area contributed by atoms with Gasteiger partial charge >= 0.3 is 0 Å². The van der Waals surface area contributed by atoms with E-state index in [4.69, 9.17) is 16.3 Å². The standard InChI is InChI=1S/C32H42ClN3O4/c1-17-8-12-22(13-9-17)36-28(30(38)35-24-7-5-6-18(2)20(24)4)32-15-14-25(40-32)26(27(32)31(36)39)29(37)34-21-11-10-19(3)23(33)16-21/h10-11,14-18,20,22,24-28H,5-9,12-13H2,1-4H3,(H,34,37)(H,35,38). The molecule has 7 nitrogen and oxygen atoms in total. The Morgan fingerprint density at radius 1 is 1.05 bits per heavy atom. The predicted octanol–water partition coefficient (Wildman–Crippen LogP) is 5.26. The summed E-state index contributed by atoms with van der Waals surface area (Å²) in [6, 6.07) is 4.66. The Morgan fingerprint density at radius 3 is 2.52 bits per heavy atom. The highest BCUT2D eigenvalue weighted by atomic mass is 35.5. The largest absolute Gasteiger partial charge is 0.359 e. The molecular formula is C32H42ClN3O4. The predicted molar refractivity (Wildman–Crippen MR) is 155 cm³/mol. The molecule has 0 aromatic heterocycles. The highest BCUT2D eigenvalue weighted by molar-refractivity contribution is 6.31. The molecule has 2 saturated carbocycles. The van der Waals surface area contributed by atoms with Crippen LogP contribution < -0.4 is 10.6 Å². The highest BCUT2D eigenvalue weighted by Gasteiger charge is 2.73. The van der Waals surface area contributed by atoms with Crippen molar-refractivity contribution in [3.8, 4) is 0 Å². The van der Waals surface area contributed by atoms with Gasteiger partial charge in [-0.1, -0.05) is 63.4 Å². The second kappa shape index (κ2) is 10.5. The molecule has 2 N–H and O–H groups in total. The maximum atomic E-state index is 14.4. The van der Waals surface area contributed by atoms with Crippen LogP contribution in [0.15, 0.2) is 30.4 Å². The minimum absolute atomic E-state index is 0.0298. The molecule has 1 aromatic carbocycles. The molecular weight excluding hydrogens is 526 g/mol. The van der Waals surface area contributed by atoms with E-state index in [1.165, 1.54) is 6.42 Å². The molecule has 2 aliphatic carbocycles. The average Bonchev–Trinajstić information content (AvgIpc) is 3.57. The van der Waals surface area contributed by atoms with Crippen LogP contribution in [-0.4, -0.2) is 52.5 Å². The Morgan fingerprint density at radius 2 is 1.80 bits per heavy atom. The number of carbonyl (C=O) groups excluding carboxylic acids is 3. The molecule has 8 atom stereocenters. The van der Waals surface area contributed by atoms with Crippen LogP contribution in [0, 0.1) is 36.5 Å². The number of ether oxygens (including phenoxy) is 1. The van der Waals surface area contributed by atoms with Gasteiger partial charge in [-0.05, 0) is 74.5 Å². The van der Waals surface area contributed by atoms with Crippen molar-refractivity contribution in [3.05, 3.63) is 40.9 Å². The summed E-state index contributed by atoms with van der Waals surface area (Å²) in [5.41, 5.74) is 0.370. The summed E-state index contributed by atoms with van der Waals surface area (Å²) < 4.78 is 6.56. The maximum absolute atomic E-state index is 14.4. The van der Waals surface area contributed by atoms with Gasteiger partial charge in [0.15, 0.2) is 0 Å². The lowest BCUT2D eigenvalue weighted by Crippen LogP contribution is -2.59. The Kier molecular flexibility index (Phi) is 7.27. The molecule has 3 aliphatic heterocycles. The highest BCUT2D eigenvalue weighted by Crippen LogP contribution is 2.56. The van der Waals surface area contributed by atoms with Crippen LogP contribution in [0.1, 0.15) is 71.3 Å². The van der Waals surface area contributed by atoms with Crippen LogP contribution in [-0.2, 0) is 19.1 Å². The Balaban J connectivity index is 1.31. The third-order valence-electron chi connectivity index (χ3n) is 10.7. The van der Waals surface area contributed by atoms with Gasteiger partial charge in [-0.3, -0.25) is 14.4 Å². The summed E-state index contributed by atoms with van der Waals surface area (Å²) >= 11 is 6.31. The first-order valence-electron chi connectivity index (χ1n) is 15.2. The lowest BCUT2D eigenvalue weighted by atomic mass is 9.73. The first-order valence-corrected chi connectivity index (χ1v) is 15.5. The first kappa shape index (κ1) is 27.8.